The van der Waals surface area contributed by atoms with Crippen LogP contribution in [0.4, 0.5) is 0 Å². The van der Waals surface area contributed by atoms with Crippen LogP contribution >= 0.6 is 11.3 Å². The van der Waals surface area contributed by atoms with E-state index in [9.17, 15) is 14.9 Å². The smallest absolute Gasteiger partial charge is 0.269 e. The Balaban J connectivity index is 2.79. The van der Waals surface area contributed by atoms with Gasteiger partial charge in [-0.25, -0.2) is 0 Å². The lowest BCUT2D eigenvalue weighted by Crippen LogP contribution is -2.33. The summed E-state index contributed by atoms with van der Waals surface area (Å²) in [4.78, 5) is 25.5. The van der Waals surface area contributed by atoms with Gasteiger partial charge in [0.25, 0.3) is 5.56 Å². The number of rotatable bonds is 4. The molecule has 0 saturated heterocycles. The minimum absolute atomic E-state index is 0.0389. The van der Waals surface area contributed by atoms with Crippen LogP contribution in [0.1, 0.15) is 38.8 Å². The SMILES string of the molecule is CCn1c(=O)/c(=C\c2ccc(OC)c(C)c2)s/c1=C(/C#N)C(=O)C(C)(C)C. The number of hydrogen-bond acceptors (Lipinski definition) is 5. The molecule has 0 atom stereocenters. The number of ketones is 1. The summed E-state index contributed by atoms with van der Waals surface area (Å²) in [6.07, 6.45) is 1.78. The molecule has 5 nitrogen and oxygen atoms in total. The molecule has 0 bridgehead atoms. The highest BCUT2D eigenvalue weighted by Crippen LogP contribution is 2.20. The zero-order valence-corrected chi connectivity index (χ0v) is 17.4. The van der Waals surface area contributed by atoms with Gasteiger partial charge in [0.05, 0.1) is 11.6 Å². The number of benzene rings is 1. The Labute approximate surface area is 162 Å². The highest BCUT2D eigenvalue weighted by atomic mass is 32.1. The van der Waals surface area contributed by atoms with Crippen molar-refractivity contribution in [3.63, 3.8) is 0 Å². The first-order chi connectivity index (χ1) is 12.6. The normalized spacial score (nSPS) is 13.3. The Morgan fingerprint density at radius 2 is 2.04 bits per heavy atom. The minimum Gasteiger partial charge on any atom is -0.496 e. The number of hydrogen-bond donors (Lipinski definition) is 0. The fraction of sp³-hybridized carbons (Fsp3) is 0.381. The molecule has 1 heterocycles. The molecule has 27 heavy (non-hydrogen) atoms. The number of carbonyl (C=O) groups excluding carboxylic acids is 1. The molecular formula is C21H24N2O3S. The largest absolute Gasteiger partial charge is 0.496 e. The summed E-state index contributed by atoms with van der Waals surface area (Å²) in [7, 11) is 1.61. The summed E-state index contributed by atoms with van der Waals surface area (Å²) in [5.41, 5.74) is 0.978. The van der Waals surface area contributed by atoms with Gasteiger partial charge in [-0.3, -0.25) is 14.2 Å². The van der Waals surface area contributed by atoms with E-state index >= 15 is 0 Å². The number of aromatic nitrogens is 1. The van der Waals surface area contributed by atoms with Gasteiger partial charge in [0.15, 0.2) is 5.78 Å². The van der Waals surface area contributed by atoms with E-state index in [-0.39, 0.29) is 16.9 Å². The van der Waals surface area contributed by atoms with Crippen molar-refractivity contribution in [3.8, 4) is 11.8 Å². The molecule has 0 radical (unpaired) electrons. The molecule has 0 saturated carbocycles. The molecule has 142 valence electrons. The fourth-order valence-electron chi connectivity index (χ4n) is 2.71. The van der Waals surface area contributed by atoms with E-state index in [1.54, 1.807) is 34.0 Å². The van der Waals surface area contributed by atoms with Gasteiger partial charge in [0.1, 0.15) is 22.1 Å². The second-order valence-electron chi connectivity index (χ2n) is 7.26. The van der Waals surface area contributed by atoms with Crippen LogP contribution in [0.5, 0.6) is 5.75 Å². The molecule has 0 amide bonds. The average molecular weight is 385 g/mol. The number of ether oxygens (including phenoxy) is 1. The lowest BCUT2D eigenvalue weighted by atomic mass is 9.87. The van der Waals surface area contributed by atoms with Crippen LogP contribution in [0.15, 0.2) is 23.0 Å². The van der Waals surface area contributed by atoms with Crippen LogP contribution in [-0.2, 0) is 11.3 Å². The maximum Gasteiger partial charge on any atom is 0.269 e. The van der Waals surface area contributed by atoms with E-state index < -0.39 is 5.41 Å². The molecule has 6 heteroatoms. The number of aryl methyl sites for hydroxylation is 1. The first kappa shape index (κ1) is 20.7. The number of nitrogens with zero attached hydrogens (tertiary/aromatic N) is 2. The first-order valence-electron chi connectivity index (χ1n) is 8.69. The Morgan fingerprint density at radius 3 is 2.52 bits per heavy atom. The zero-order valence-electron chi connectivity index (χ0n) is 16.5. The molecule has 2 aromatic rings. The molecule has 0 aliphatic heterocycles. The number of carbonyl (C=O) groups is 1. The van der Waals surface area contributed by atoms with E-state index in [1.165, 1.54) is 15.9 Å². The third-order valence-corrected chi connectivity index (χ3v) is 5.30. The molecular weight excluding hydrogens is 360 g/mol. The third-order valence-electron chi connectivity index (χ3n) is 4.17. The molecule has 0 fully saturated rings. The van der Waals surface area contributed by atoms with Gasteiger partial charge in [-0.1, -0.05) is 26.8 Å². The minimum atomic E-state index is -0.694. The van der Waals surface area contributed by atoms with Crippen LogP contribution in [0.3, 0.4) is 0 Å². The maximum atomic E-state index is 12.8. The highest BCUT2D eigenvalue weighted by Gasteiger charge is 2.27. The fourth-order valence-corrected chi connectivity index (χ4v) is 3.87. The summed E-state index contributed by atoms with van der Waals surface area (Å²) in [6, 6.07) is 7.67. The maximum absolute atomic E-state index is 12.8. The molecule has 0 unspecified atom stereocenters. The molecule has 0 spiro atoms. The summed E-state index contributed by atoms with van der Waals surface area (Å²) in [5.74, 6) is 0.515. The van der Waals surface area contributed by atoms with Crippen LogP contribution in [0.25, 0.3) is 11.6 Å². The average Bonchev–Trinajstić information content (AvgIpc) is 2.90. The predicted molar refractivity (Wildman–Crippen MR) is 108 cm³/mol. The number of methoxy groups -OCH3 is 1. The van der Waals surface area contributed by atoms with Crippen LogP contribution < -0.4 is 19.5 Å². The summed E-state index contributed by atoms with van der Waals surface area (Å²) >= 11 is 1.18. The highest BCUT2D eigenvalue weighted by molar-refractivity contribution is 7.07. The molecule has 0 aliphatic carbocycles. The molecule has 0 N–H and O–H groups in total. The second kappa shape index (κ2) is 7.93. The Kier molecular flexibility index (Phi) is 6.07. The molecule has 2 rings (SSSR count). The topological polar surface area (TPSA) is 72.1 Å². The predicted octanol–water partition coefficient (Wildman–Crippen LogP) is 2.37. The number of thiazole rings is 1. The Hall–Kier alpha value is -2.65. The van der Waals surface area contributed by atoms with Gasteiger partial charge in [-0.15, -0.1) is 11.3 Å². The van der Waals surface area contributed by atoms with Crippen LogP contribution in [0, 0.1) is 23.7 Å². The van der Waals surface area contributed by atoms with Gasteiger partial charge < -0.3 is 4.74 Å². The van der Waals surface area contributed by atoms with E-state index in [2.05, 4.69) is 0 Å². The van der Waals surface area contributed by atoms with Gasteiger partial charge in [-0.2, -0.15) is 5.26 Å². The third kappa shape index (κ3) is 4.20. The quantitative estimate of drug-likeness (QED) is 0.811. The van der Waals surface area contributed by atoms with E-state index in [0.717, 1.165) is 16.9 Å². The monoisotopic (exact) mass is 384 g/mol. The van der Waals surface area contributed by atoms with Crippen LogP contribution in [0.2, 0.25) is 0 Å². The Morgan fingerprint density at radius 1 is 1.37 bits per heavy atom. The van der Waals surface area contributed by atoms with Crippen molar-refractivity contribution in [2.75, 3.05) is 7.11 Å². The molecule has 0 aliphatic rings. The summed E-state index contributed by atoms with van der Waals surface area (Å²) in [6.45, 7) is 9.45. The van der Waals surface area contributed by atoms with Crippen molar-refractivity contribution in [2.24, 2.45) is 5.41 Å². The van der Waals surface area contributed by atoms with Gasteiger partial charge in [0, 0.05) is 12.0 Å². The Bertz CT molecular complexity index is 1090. The van der Waals surface area contributed by atoms with Crippen LogP contribution in [-0.4, -0.2) is 17.5 Å². The van der Waals surface area contributed by atoms with Crippen molar-refractivity contribution >= 4 is 28.8 Å². The molecule has 1 aromatic carbocycles. The van der Waals surface area contributed by atoms with Crippen molar-refractivity contribution < 1.29 is 9.53 Å². The summed E-state index contributed by atoms with van der Waals surface area (Å²) in [5, 5.41) is 9.58. The van der Waals surface area contributed by atoms with E-state index in [0.29, 0.717) is 15.7 Å². The second-order valence-corrected chi connectivity index (χ2v) is 8.29. The van der Waals surface area contributed by atoms with Gasteiger partial charge >= 0.3 is 0 Å². The first-order valence-corrected chi connectivity index (χ1v) is 9.50. The van der Waals surface area contributed by atoms with E-state index in [4.69, 9.17) is 4.74 Å². The van der Waals surface area contributed by atoms with Crippen molar-refractivity contribution in [3.05, 3.63) is 48.9 Å². The van der Waals surface area contributed by atoms with E-state index in [1.807, 2.05) is 38.1 Å². The zero-order chi connectivity index (χ0) is 20.4. The van der Waals surface area contributed by atoms with Crippen molar-refractivity contribution in [1.82, 2.24) is 4.57 Å². The summed E-state index contributed by atoms with van der Waals surface area (Å²) < 4.78 is 7.67. The standard InChI is InChI=1S/C21H24N2O3S/c1-7-23-19(25)17(11-14-8-9-16(26-6)13(2)10-14)27-20(23)15(12-22)18(24)21(3,4)5/h8-11H,7H2,1-6H3/b17-11+,20-15-. The van der Waals surface area contributed by atoms with Crippen molar-refractivity contribution in [1.29, 1.82) is 5.26 Å². The lowest BCUT2D eigenvalue weighted by Gasteiger charge is -2.15. The van der Waals surface area contributed by atoms with Gasteiger partial charge in [0.2, 0.25) is 0 Å². The van der Waals surface area contributed by atoms with Gasteiger partial charge in [-0.05, 0) is 43.2 Å². The number of Topliss-reactive ketones (excluding diaryl/α,β-unsaturated/α-hetero) is 1. The molecule has 1 aromatic heterocycles. The number of nitriles is 1. The van der Waals surface area contributed by atoms with Crippen molar-refractivity contribution in [2.45, 2.75) is 41.2 Å². The lowest BCUT2D eigenvalue weighted by molar-refractivity contribution is -0.120.